The van der Waals surface area contributed by atoms with E-state index in [0.717, 1.165) is 59.3 Å². The second-order valence-corrected chi connectivity index (χ2v) is 8.96. The molecule has 0 atom stereocenters. The molecule has 5 rings (SSSR count). The highest BCUT2D eigenvalue weighted by molar-refractivity contribution is 5.71. The summed E-state index contributed by atoms with van der Waals surface area (Å²) in [6.45, 7) is 3.07. The number of methoxy groups -OCH3 is 1. The lowest BCUT2D eigenvalue weighted by molar-refractivity contribution is 0.198. The summed E-state index contributed by atoms with van der Waals surface area (Å²) < 4.78 is 10.9. The third kappa shape index (κ3) is 7.28. The lowest BCUT2D eigenvalue weighted by atomic mass is 10.0. The van der Waals surface area contributed by atoms with Crippen LogP contribution in [0.3, 0.4) is 0 Å². The largest absolute Gasteiger partial charge is 0.493 e. The number of imidazole rings is 1. The molecule has 8 nitrogen and oxygen atoms in total. The first-order valence-electron chi connectivity index (χ1n) is 13.0. The predicted octanol–water partition coefficient (Wildman–Crippen LogP) is 5.95. The third-order valence-corrected chi connectivity index (χ3v) is 6.09. The Kier molecular flexibility index (Phi) is 8.91. The molecule has 0 aliphatic heterocycles. The van der Waals surface area contributed by atoms with Crippen LogP contribution in [0.2, 0.25) is 0 Å². The number of anilines is 2. The second-order valence-electron chi connectivity index (χ2n) is 8.96. The van der Waals surface area contributed by atoms with Gasteiger partial charge in [0.2, 0.25) is 5.95 Å². The summed E-state index contributed by atoms with van der Waals surface area (Å²) in [5, 5.41) is 6.59. The van der Waals surface area contributed by atoms with Crippen molar-refractivity contribution >= 4 is 11.6 Å². The molecule has 8 heteroatoms. The molecular weight excluding hydrogens is 488 g/mol. The van der Waals surface area contributed by atoms with Crippen LogP contribution < -0.4 is 15.4 Å². The van der Waals surface area contributed by atoms with Gasteiger partial charge in [-0.05, 0) is 48.4 Å². The number of nitrogens with zero attached hydrogens (tertiary/aromatic N) is 3. The van der Waals surface area contributed by atoms with Gasteiger partial charge in [0.1, 0.15) is 11.6 Å². The van der Waals surface area contributed by atoms with Crippen LogP contribution in [0.15, 0.2) is 97.3 Å². The Morgan fingerprint density at radius 1 is 0.795 bits per heavy atom. The molecule has 2 heterocycles. The van der Waals surface area contributed by atoms with Crippen molar-refractivity contribution in [2.24, 2.45) is 0 Å². The van der Waals surface area contributed by atoms with Crippen molar-refractivity contribution < 1.29 is 9.47 Å². The Labute approximate surface area is 228 Å². The number of aromatic nitrogens is 4. The molecule has 5 aromatic rings. The zero-order valence-electron chi connectivity index (χ0n) is 21.9. The van der Waals surface area contributed by atoms with Crippen molar-refractivity contribution in [1.29, 1.82) is 0 Å². The van der Waals surface area contributed by atoms with E-state index in [1.165, 1.54) is 5.56 Å². The van der Waals surface area contributed by atoms with Crippen LogP contribution in [0, 0.1) is 0 Å². The number of benzene rings is 3. The number of aromatic amines is 1. The van der Waals surface area contributed by atoms with Crippen LogP contribution in [0.5, 0.6) is 5.75 Å². The third-order valence-electron chi connectivity index (χ3n) is 6.09. The molecule has 2 aromatic heterocycles. The zero-order valence-corrected chi connectivity index (χ0v) is 21.9. The predicted molar refractivity (Wildman–Crippen MR) is 155 cm³/mol. The Bertz CT molecular complexity index is 1470. The first kappa shape index (κ1) is 26.1. The summed E-state index contributed by atoms with van der Waals surface area (Å²) in [7, 11) is 1.70. The van der Waals surface area contributed by atoms with E-state index >= 15 is 0 Å². The van der Waals surface area contributed by atoms with Crippen molar-refractivity contribution in [3.63, 3.8) is 0 Å². The van der Waals surface area contributed by atoms with Crippen molar-refractivity contribution in [2.45, 2.75) is 6.42 Å². The molecule has 0 amide bonds. The topological polar surface area (TPSA) is 97.0 Å². The van der Waals surface area contributed by atoms with E-state index in [4.69, 9.17) is 14.5 Å². The maximum atomic E-state index is 5.90. The highest BCUT2D eigenvalue weighted by Crippen LogP contribution is 2.27. The average Bonchev–Trinajstić information content (AvgIpc) is 3.48. The molecule has 0 fully saturated rings. The summed E-state index contributed by atoms with van der Waals surface area (Å²) >= 11 is 0. The molecule has 0 aliphatic rings. The molecule has 0 unspecified atom stereocenters. The lowest BCUT2D eigenvalue weighted by Crippen LogP contribution is -2.21. The van der Waals surface area contributed by atoms with Gasteiger partial charge in [0.15, 0.2) is 0 Å². The van der Waals surface area contributed by atoms with Crippen LogP contribution >= 0.6 is 0 Å². The van der Waals surface area contributed by atoms with Crippen molar-refractivity contribution in [3.05, 3.63) is 97.3 Å². The Balaban J connectivity index is 1.22. The van der Waals surface area contributed by atoms with Gasteiger partial charge in [0, 0.05) is 37.2 Å². The highest BCUT2D eigenvalue weighted by atomic mass is 16.5. The maximum absolute atomic E-state index is 5.90. The normalized spacial score (nSPS) is 10.9. The van der Waals surface area contributed by atoms with Crippen LogP contribution in [0.4, 0.5) is 11.6 Å². The minimum Gasteiger partial charge on any atom is -0.493 e. The van der Waals surface area contributed by atoms with Gasteiger partial charge >= 0.3 is 0 Å². The molecule has 0 saturated carbocycles. The summed E-state index contributed by atoms with van der Waals surface area (Å²) in [5.74, 6) is 2.08. The number of rotatable bonds is 13. The molecule has 0 aliphatic carbocycles. The van der Waals surface area contributed by atoms with E-state index in [0.29, 0.717) is 19.2 Å². The monoisotopic (exact) mass is 520 g/mol. The molecule has 0 radical (unpaired) electrons. The van der Waals surface area contributed by atoms with E-state index in [1.807, 2.05) is 54.6 Å². The number of hydrogen-bond acceptors (Lipinski definition) is 7. The molecule has 3 N–H and O–H groups in total. The van der Waals surface area contributed by atoms with Crippen LogP contribution in [0.25, 0.3) is 33.9 Å². The van der Waals surface area contributed by atoms with Crippen LogP contribution in [-0.2, 0) is 4.74 Å². The molecule has 0 saturated heterocycles. The fourth-order valence-electron chi connectivity index (χ4n) is 4.12. The summed E-state index contributed by atoms with van der Waals surface area (Å²) in [6, 6.07) is 28.3. The van der Waals surface area contributed by atoms with E-state index in [-0.39, 0.29) is 0 Å². The minimum absolute atomic E-state index is 0.495. The number of ether oxygens (including phenoxy) is 2. The molecule has 39 heavy (non-hydrogen) atoms. The van der Waals surface area contributed by atoms with Gasteiger partial charge < -0.3 is 25.1 Å². The van der Waals surface area contributed by atoms with Crippen molar-refractivity contribution in [2.75, 3.05) is 38.7 Å². The number of nitrogens with one attached hydrogen (secondary N) is 3. The van der Waals surface area contributed by atoms with Gasteiger partial charge in [-0.1, -0.05) is 54.6 Å². The molecule has 3 aromatic carbocycles. The standard InChI is InChI=1S/C31H32N6O2/c1-38-19-17-32-15-7-18-39-27-13-6-12-26(21-27)35-31-33-16-14-28(37-31)29-22-34-30(36-29)25-11-5-10-24(20-25)23-8-3-2-4-9-23/h2-6,8-14,16,20-22,32H,7,15,17-19H2,1H3,(H,34,36)(H,33,35,37). The molecule has 0 bridgehead atoms. The van der Waals surface area contributed by atoms with Gasteiger partial charge in [-0.2, -0.15) is 0 Å². The SMILES string of the molecule is COCCNCCCOc1cccc(Nc2nccc(-c3cnc(-c4cccc(-c5ccccc5)c4)[nH]3)n2)c1. The molecular formula is C31H32N6O2. The lowest BCUT2D eigenvalue weighted by Gasteiger charge is -2.10. The first-order valence-corrected chi connectivity index (χ1v) is 13.0. The second kappa shape index (κ2) is 13.3. The zero-order chi connectivity index (χ0) is 26.7. The fraction of sp³-hybridized carbons (Fsp3) is 0.194. The van der Waals surface area contributed by atoms with Crippen LogP contribution in [0.1, 0.15) is 6.42 Å². The van der Waals surface area contributed by atoms with Gasteiger partial charge in [-0.25, -0.2) is 15.0 Å². The summed E-state index contributed by atoms with van der Waals surface area (Å²) in [6.07, 6.45) is 4.45. The summed E-state index contributed by atoms with van der Waals surface area (Å²) in [5.41, 5.74) is 5.74. The minimum atomic E-state index is 0.495. The fourth-order valence-corrected chi connectivity index (χ4v) is 4.12. The molecule has 0 spiro atoms. The average molecular weight is 521 g/mol. The molecule has 198 valence electrons. The van der Waals surface area contributed by atoms with E-state index in [2.05, 4.69) is 55.9 Å². The van der Waals surface area contributed by atoms with Crippen molar-refractivity contribution in [1.82, 2.24) is 25.3 Å². The maximum Gasteiger partial charge on any atom is 0.227 e. The van der Waals surface area contributed by atoms with Crippen molar-refractivity contribution in [3.8, 4) is 39.7 Å². The Morgan fingerprint density at radius 2 is 1.64 bits per heavy atom. The number of H-pyrrole nitrogens is 1. The van der Waals surface area contributed by atoms with Gasteiger partial charge in [-0.3, -0.25) is 0 Å². The summed E-state index contributed by atoms with van der Waals surface area (Å²) in [4.78, 5) is 17.1. The van der Waals surface area contributed by atoms with E-state index in [1.54, 1.807) is 19.5 Å². The quantitative estimate of drug-likeness (QED) is 0.165. The van der Waals surface area contributed by atoms with Gasteiger partial charge in [-0.15, -0.1) is 0 Å². The smallest absolute Gasteiger partial charge is 0.227 e. The van der Waals surface area contributed by atoms with Crippen LogP contribution in [-0.4, -0.2) is 53.3 Å². The van der Waals surface area contributed by atoms with Gasteiger partial charge in [0.25, 0.3) is 0 Å². The highest BCUT2D eigenvalue weighted by Gasteiger charge is 2.10. The number of hydrogen-bond donors (Lipinski definition) is 3. The Hall–Kier alpha value is -4.53. The van der Waals surface area contributed by atoms with E-state index < -0.39 is 0 Å². The Morgan fingerprint density at radius 3 is 2.54 bits per heavy atom. The van der Waals surface area contributed by atoms with E-state index in [9.17, 15) is 0 Å². The first-order chi connectivity index (χ1) is 19.3. The van der Waals surface area contributed by atoms with Gasteiger partial charge in [0.05, 0.1) is 30.8 Å².